The van der Waals surface area contributed by atoms with Gasteiger partial charge in [-0.2, -0.15) is 0 Å². The Labute approximate surface area is 200 Å². The molecule has 2 heterocycles. The first-order chi connectivity index (χ1) is 14.7. The third-order valence-electron chi connectivity index (χ3n) is 4.83. The molecule has 0 radical (unpaired) electrons. The fraction of sp³-hybridized carbons (Fsp3) is 0.364. The van der Waals surface area contributed by atoms with E-state index in [0.717, 1.165) is 55.0 Å². The maximum Gasteiger partial charge on any atom is 0.191 e. The monoisotopic (exact) mass is 535 g/mol. The van der Waals surface area contributed by atoms with E-state index in [1.165, 1.54) is 5.56 Å². The molecule has 0 amide bonds. The zero-order valence-electron chi connectivity index (χ0n) is 18.2. The van der Waals surface area contributed by atoms with Gasteiger partial charge in [0.25, 0.3) is 0 Å². The Hall–Kier alpha value is -2.69. The number of methoxy groups -OCH3 is 1. The highest BCUT2D eigenvalue weighted by Crippen LogP contribution is 2.11. The minimum Gasteiger partial charge on any atom is -0.497 e. The summed E-state index contributed by atoms with van der Waals surface area (Å²) in [5.74, 6) is 3.31. The van der Waals surface area contributed by atoms with Gasteiger partial charge in [0.1, 0.15) is 18.1 Å². The van der Waals surface area contributed by atoms with Crippen LogP contribution in [0.4, 0.5) is 0 Å². The second-order valence-corrected chi connectivity index (χ2v) is 6.91. The van der Waals surface area contributed by atoms with Crippen LogP contribution in [-0.4, -0.2) is 45.9 Å². The molecule has 0 aliphatic rings. The largest absolute Gasteiger partial charge is 0.497 e. The Morgan fingerprint density at radius 1 is 1.03 bits per heavy atom. The molecule has 0 aliphatic heterocycles. The molecule has 9 heteroatoms. The van der Waals surface area contributed by atoms with Crippen molar-refractivity contribution < 1.29 is 4.74 Å². The molecular weight excluding hydrogens is 505 g/mol. The summed E-state index contributed by atoms with van der Waals surface area (Å²) in [6.07, 6.45) is 3.52. The SMILES string of the molecule is COc1ccc(CCNC(=NCc2nnc(C)n2C)NCCc2ccccn2)cc1.I. The van der Waals surface area contributed by atoms with Crippen LogP contribution in [-0.2, 0) is 26.4 Å². The van der Waals surface area contributed by atoms with Crippen molar-refractivity contribution in [2.45, 2.75) is 26.3 Å². The molecule has 2 aromatic heterocycles. The minimum atomic E-state index is 0. The number of rotatable bonds is 9. The zero-order chi connectivity index (χ0) is 21.2. The van der Waals surface area contributed by atoms with Crippen molar-refractivity contribution in [1.82, 2.24) is 30.4 Å². The number of pyridine rings is 1. The summed E-state index contributed by atoms with van der Waals surface area (Å²) in [6.45, 7) is 3.89. The average molecular weight is 535 g/mol. The van der Waals surface area contributed by atoms with Gasteiger partial charge in [0.2, 0.25) is 0 Å². The van der Waals surface area contributed by atoms with Gasteiger partial charge in [-0.15, -0.1) is 34.2 Å². The molecule has 1 aromatic carbocycles. The lowest BCUT2D eigenvalue weighted by molar-refractivity contribution is 0.414. The highest BCUT2D eigenvalue weighted by atomic mass is 127. The number of nitrogens with zero attached hydrogens (tertiary/aromatic N) is 5. The van der Waals surface area contributed by atoms with Crippen molar-refractivity contribution in [1.29, 1.82) is 0 Å². The third kappa shape index (κ3) is 7.82. The van der Waals surface area contributed by atoms with Gasteiger partial charge in [-0.25, -0.2) is 4.99 Å². The summed E-state index contributed by atoms with van der Waals surface area (Å²) < 4.78 is 7.17. The lowest BCUT2D eigenvalue weighted by Gasteiger charge is -2.13. The number of aryl methyl sites for hydroxylation is 1. The van der Waals surface area contributed by atoms with E-state index in [0.29, 0.717) is 6.54 Å². The molecule has 0 saturated carbocycles. The van der Waals surface area contributed by atoms with Crippen molar-refractivity contribution in [3.05, 3.63) is 71.6 Å². The van der Waals surface area contributed by atoms with Crippen LogP contribution in [0, 0.1) is 6.92 Å². The number of hydrogen-bond donors (Lipinski definition) is 2. The molecule has 0 saturated heterocycles. The molecule has 31 heavy (non-hydrogen) atoms. The summed E-state index contributed by atoms with van der Waals surface area (Å²) >= 11 is 0. The van der Waals surface area contributed by atoms with E-state index < -0.39 is 0 Å². The number of halogens is 1. The smallest absolute Gasteiger partial charge is 0.191 e. The quantitative estimate of drug-likeness (QED) is 0.249. The first kappa shape index (κ1) is 24.6. The van der Waals surface area contributed by atoms with Crippen LogP contribution in [0.2, 0.25) is 0 Å². The van der Waals surface area contributed by atoms with Crippen molar-refractivity contribution in [3.8, 4) is 5.75 Å². The van der Waals surface area contributed by atoms with Gasteiger partial charge in [0.05, 0.1) is 7.11 Å². The van der Waals surface area contributed by atoms with E-state index in [2.05, 4.69) is 42.9 Å². The number of nitrogens with one attached hydrogen (secondary N) is 2. The molecule has 0 aliphatic carbocycles. The predicted molar refractivity (Wildman–Crippen MR) is 133 cm³/mol. The zero-order valence-corrected chi connectivity index (χ0v) is 20.5. The molecule has 3 rings (SSSR count). The second-order valence-electron chi connectivity index (χ2n) is 6.91. The average Bonchev–Trinajstić information content (AvgIpc) is 3.10. The highest BCUT2D eigenvalue weighted by Gasteiger charge is 2.06. The number of aromatic nitrogens is 4. The standard InChI is InChI=1S/C22H29N7O.HI/c1-17-27-28-21(29(17)2)16-26-22(25-15-12-19-6-4-5-13-23-19)24-14-11-18-7-9-20(30-3)10-8-18;/h4-10,13H,11-12,14-16H2,1-3H3,(H2,24,25,26);1H. The lowest BCUT2D eigenvalue weighted by atomic mass is 10.1. The first-order valence-corrected chi connectivity index (χ1v) is 10.1. The second kappa shape index (κ2) is 12.9. The molecule has 166 valence electrons. The summed E-state index contributed by atoms with van der Waals surface area (Å²) in [5.41, 5.74) is 2.28. The van der Waals surface area contributed by atoms with Crippen molar-refractivity contribution >= 4 is 29.9 Å². The predicted octanol–water partition coefficient (Wildman–Crippen LogP) is 2.67. The van der Waals surface area contributed by atoms with Crippen LogP contribution in [0.1, 0.15) is 22.9 Å². The highest BCUT2D eigenvalue weighted by molar-refractivity contribution is 14.0. The molecule has 8 nitrogen and oxygen atoms in total. The van der Waals surface area contributed by atoms with E-state index in [1.54, 1.807) is 7.11 Å². The number of hydrogen-bond acceptors (Lipinski definition) is 5. The fourth-order valence-electron chi connectivity index (χ4n) is 2.89. The van der Waals surface area contributed by atoms with Crippen molar-refractivity contribution in [3.63, 3.8) is 0 Å². The van der Waals surface area contributed by atoms with E-state index in [1.807, 2.05) is 55.1 Å². The van der Waals surface area contributed by atoms with Crippen LogP contribution in [0.5, 0.6) is 5.75 Å². The van der Waals surface area contributed by atoms with Crippen LogP contribution >= 0.6 is 24.0 Å². The molecule has 0 spiro atoms. The third-order valence-corrected chi connectivity index (χ3v) is 4.83. The summed E-state index contributed by atoms with van der Waals surface area (Å²) in [7, 11) is 3.63. The van der Waals surface area contributed by atoms with E-state index in [-0.39, 0.29) is 24.0 Å². The van der Waals surface area contributed by atoms with Gasteiger partial charge < -0.3 is 19.9 Å². The van der Waals surface area contributed by atoms with Crippen LogP contribution in [0.15, 0.2) is 53.7 Å². The van der Waals surface area contributed by atoms with E-state index >= 15 is 0 Å². The number of aliphatic imine (C=N–C) groups is 1. The van der Waals surface area contributed by atoms with Gasteiger partial charge in [-0.1, -0.05) is 18.2 Å². The summed E-state index contributed by atoms with van der Waals surface area (Å²) in [6, 6.07) is 14.1. The van der Waals surface area contributed by atoms with Crippen LogP contribution in [0.25, 0.3) is 0 Å². The van der Waals surface area contributed by atoms with Gasteiger partial charge >= 0.3 is 0 Å². The minimum absolute atomic E-state index is 0. The van der Waals surface area contributed by atoms with Crippen LogP contribution in [0.3, 0.4) is 0 Å². The molecule has 0 atom stereocenters. The Morgan fingerprint density at radius 3 is 2.39 bits per heavy atom. The molecule has 0 fully saturated rings. The number of benzene rings is 1. The molecule has 3 aromatic rings. The lowest BCUT2D eigenvalue weighted by Crippen LogP contribution is -2.39. The summed E-state index contributed by atoms with van der Waals surface area (Å²) in [4.78, 5) is 9.06. The van der Waals surface area contributed by atoms with Gasteiger partial charge in [-0.05, 0) is 43.2 Å². The Balaban J connectivity index is 0.00000341. The van der Waals surface area contributed by atoms with Gasteiger partial charge in [0, 0.05) is 38.4 Å². The number of guanidine groups is 1. The van der Waals surface area contributed by atoms with Crippen LogP contribution < -0.4 is 15.4 Å². The summed E-state index contributed by atoms with van der Waals surface area (Å²) in [5, 5.41) is 15.1. The Morgan fingerprint density at radius 2 is 1.77 bits per heavy atom. The van der Waals surface area contributed by atoms with Gasteiger partial charge in [0.15, 0.2) is 11.8 Å². The van der Waals surface area contributed by atoms with Gasteiger partial charge in [-0.3, -0.25) is 4.98 Å². The number of ether oxygens (including phenoxy) is 1. The first-order valence-electron chi connectivity index (χ1n) is 10.1. The normalized spacial score (nSPS) is 11.0. The molecule has 0 bridgehead atoms. The van der Waals surface area contributed by atoms with Crippen molar-refractivity contribution in [2.24, 2.45) is 12.0 Å². The Kier molecular flexibility index (Phi) is 10.2. The molecular formula is C22H30IN7O. The molecule has 0 unspecified atom stereocenters. The van der Waals surface area contributed by atoms with E-state index in [9.17, 15) is 0 Å². The fourth-order valence-corrected chi connectivity index (χ4v) is 2.89. The maximum atomic E-state index is 5.22. The van der Waals surface area contributed by atoms with Crippen molar-refractivity contribution in [2.75, 3.05) is 20.2 Å². The maximum absolute atomic E-state index is 5.22. The Bertz CT molecular complexity index is 942. The van der Waals surface area contributed by atoms with E-state index in [4.69, 9.17) is 4.74 Å². The topological polar surface area (TPSA) is 89.2 Å². The molecule has 2 N–H and O–H groups in total.